The second-order valence-electron chi connectivity index (χ2n) is 2.69. The van der Waals surface area contributed by atoms with Gasteiger partial charge in [0, 0.05) is 23.8 Å². The number of nitrogens with two attached hydrogens (primary N) is 2. The maximum Gasteiger partial charge on any atom is 0.0315 e. The van der Waals surface area contributed by atoms with Gasteiger partial charge in [-0.15, -0.1) is 0 Å². The van der Waals surface area contributed by atoms with E-state index in [-0.39, 0.29) is 0 Å². The van der Waals surface area contributed by atoms with Gasteiger partial charge < -0.3 is 11.5 Å². The third kappa shape index (κ3) is 4.11. The summed E-state index contributed by atoms with van der Waals surface area (Å²) < 4.78 is 0. The summed E-state index contributed by atoms with van der Waals surface area (Å²) in [6, 6.07) is 12.8. The van der Waals surface area contributed by atoms with E-state index >= 15 is 0 Å². The van der Waals surface area contributed by atoms with Crippen molar-refractivity contribution < 1.29 is 0 Å². The normalized spacial score (nSPS) is 8.57. The van der Waals surface area contributed by atoms with Gasteiger partial charge >= 0.3 is 0 Å². The number of hydrogen-bond acceptors (Lipinski definition) is 3. The molecule has 4 N–H and O–H groups in total. The van der Waals surface area contributed by atoms with Crippen LogP contribution in [0.4, 0.5) is 11.4 Å². The molecule has 0 amide bonds. The molecule has 2 rings (SSSR count). The lowest BCUT2D eigenvalue weighted by Crippen LogP contribution is -1.86. The van der Waals surface area contributed by atoms with E-state index in [1.54, 1.807) is 36.7 Å². The highest BCUT2D eigenvalue weighted by atomic mass is 14.6. The molecule has 14 heavy (non-hydrogen) atoms. The Kier molecular flexibility index (Phi) is 4.01. The fourth-order valence-corrected chi connectivity index (χ4v) is 0.809. The van der Waals surface area contributed by atoms with Gasteiger partial charge in [0.05, 0.1) is 0 Å². The van der Waals surface area contributed by atoms with Gasteiger partial charge in [0.1, 0.15) is 0 Å². The van der Waals surface area contributed by atoms with Gasteiger partial charge in [-0.3, -0.25) is 4.98 Å². The Labute approximate surface area is 83.4 Å². The molecule has 1 aromatic heterocycles. The van der Waals surface area contributed by atoms with Crippen LogP contribution in [0, 0.1) is 0 Å². The minimum atomic E-state index is 0.749. The molecule has 3 heteroatoms. The number of nitrogen functional groups attached to an aromatic ring is 2. The van der Waals surface area contributed by atoms with Gasteiger partial charge in [0.2, 0.25) is 0 Å². The minimum absolute atomic E-state index is 0.749. The third-order valence-corrected chi connectivity index (χ3v) is 1.50. The molecule has 72 valence electrons. The van der Waals surface area contributed by atoms with Crippen LogP contribution in [0.1, 0.15) is 0 Å². The van der Waals surface area contributed by atoms with Gasteiger partial charge in [-0.25, -0.2) is 0 Å². The maximum absolute atomic E-state index is 5.37. The second-order valence-corrected chi connectivity index (χ2v) is 2.69. The average Bonchev–Trinajstić information content (AvgIpc) is 2.26. The van der Waals surface area contributed by atoms with Crippen molar-refractivity contribution in [2.45, 2.75) is 0 Å². The van der Waals surface area contributed by atoms with Gasteiger partial charge in [-0.05, 0) is 36.4 Å². The molecular formula is C11H13N3. The van der Waals surface area contributed by atoms with Crippen LogP contribution >= 0.6 is 0 Å². The lowest BCUT2D eigenvalue weighted by molar-refractivity contribution is 1.33. The van der Waals surface area contributed by atoms with E-state index in [0.29, 0.717) is 0 Å². The van der Waals surface area contributed by atoms with Crippen LogP contribution in [0.15, 0.2) is 54.9 Å². The van der Waals surface area contributed by atoms with Crippen molar-refractivity contribution in [3.63, 3.8) is 0 Å². The summed E-state index contributed by atoms with van der Waals surface area (Å²) in [5.41, 5.74) is 12.2. The molecular weight excluding hydrogens is 174 g/mol. The van der Waals surface area contributed by atoms with Crippen LogP contribution in [0.3, 0.4) is 0 Å². The molecule has 0 unspecified atom stereocenters. The number of aromatic nitrogens is 1. The quantitative estimate of drug-likeness (QED) is 0.619. The van der Waals surface area contributed by atoms with Crippen LogP contribution in [-0.4, -0.2) is 4.98 Å². The summed E-state index contributed by atoms with van der Waals surface area (Å²) in [5, 5.41) is 0. The molecule has 0 saturated carbocycles. The molecule has 0 bridgehead atoms. The number of hydrogen-bond donors (Lipinski definition) is 2. The van der Waals surface area contributed by atoms with E-state index in [9.17, 15) is 0 Å². The predicted molar refractivity (Wildman–Crippen MR) is 59.5 cm³/mol. The van der Waals surface area contributed by atoms with Gasteiger partial charge in [-0.2, -0.15) is 0 Å². The van der Waals surface area contributed by atoms with Crippen molar-refractivity contribution >= 4 is 11.4 Å². The summed E-state index contributed by atoms with van der Waals surface area (Å²) in [6.45, 7) is 0. The van der Waals surface area contributed by atoms with E-state index in [1.165, 1.54) is 0 Å². The molecule has 0 radical (unpaired) electrons. The summed E-state index contributed by atoms with van der Waals surface area (Å²) in [5.74, 6) is 0. The zero-order valence-electron chi connectivity index (χ0n) is 7.80. The second kappa shape index (κ2) is 5.59. The Bertz CT molecular complexity index is 295. The Morgan fingerprint density at radius 2 is 1.14 bits per heavy atom. The van der Waals surface area contributed by atoms with Crippen molar-refractivity contribution in [1.29, 1.82) is 0 Å². The zero-order valence-corrected chi connectivity index (χ0v) is 7.80. The summed E-state index contributed by atoms with van der Waals surface area (Å²) in [7, 11) is 0. The van der Waals surface area contributed by atoms with Crippen molar-refractivity contribution in [3.8, 4) is 0 Å². The van der Waals surface area contributed by atoms with Crippen molar-refractivity contribution in [2.24, 2.45) is 0 Å². The molecule has 0 spiro atoms. The summed E-state index contributed by atoms with van der Waals surface area (Å²) in [4.78, 5) is 3.78. The Morgan fingerprint density at radius 1 is 0.714 bits per heavy atom. The first kappa shape index (κ1) is 10.1. The first-order valence-corrected chi connectivity index (χ1v) is 4.25. The van der Waals surface area contributed by atoms with Gasteiger partial charge in [0.15, 0.2) is 0 Å². The first-order chi connectivity index (χ1) is 6.79. The lowest BCUT2D eigenvalue weighted by Gasteiger charge is -1.90. The number of rotatable bonds is 0. The average molecular weight is 187 g/mol. The van der Waals surface area contributed by atoms with Gasteiger partial charge in [0.25, 0.3) is 0 Å². The lowest BCUT2D eigenvalue weighted by atomic mass is 10.3. The fourth-order valence-electron chi connectivity index (χ4n) is 0.809. The summed E-state index contributed by atoms with van der Waals surface area (Å²) in [6.07, 6.45) is 3.50. The first-order valence-electron chi connectivity index (χ1n) is 4.25. The third-order valence-electron chi connectivity index (χ3n) is 1.50. The predicted octanol–water partition coefficient (Wildman–Crippen LogP) is 1.93. The molecule has 3 nitrogen and oxygen atoms in total. The standard InChI is InChI=1S/C6H8N2.C5H5N/c7-5-1-2-6(8)4-3-5;1-2-4-6-5-3-1/h1-4H,7-8H2;1-5H. The number of pyridine rings is 1. The molecule has 0 aliphatic rings. The Balaban J connectivity index is 0.000000146. The van der Waals surface area contributed by atoms with Crippen LogP contribution in [0.2, 0.25) is 0 Å². The summed E-state index contributed by atoms with van der Waals surface area (Å²) >= 11 is 0. The minimum Gasteiger partial charge on any atom is -0.399 e. The van der Waals surface area contributed by atoms with Crippen LogP contribution < -0.4 is 11.5 Å². The Morgan fingerprint density at radius 3 is 1.36 bits per heavy atom. The van der Waals surface area contributed by atoms with Crippen molar-refractivity contribution in [3.05, 3.63) is 54.9 Å². The van der Waals surface area contributed by atoms with E-state index < -0.39 is 0 Å². The monoisotopic (exact) mass is 187 g/mol. The topological polar surface area (TPSA) is 64.9 Å². The Hall–Kier alpha value is -2.03. The number of benzene rings is 1. The molecule has 0 atom stereocenters. The molecule has 1 aromatic carbocycles. The molecule has 0 aliphatic heterocycles. The smallest absolute Gasteiger partial charge is 0.0315 e. The fraction of sp³-hybridized carbons (Fsp3) is 0. The van der Waals surface area contributed by atoms with Crippen LogP contribution in [-0.2, 0) is 0 Å². The van der Waals surface area contributed by atoms with E-state index in [4.69, 9.17) is 11.5 Å². The van der Waals surface area contributed by atoms with E-state index in [0.717, 1.165) is 11.4 Å². The van der Waals surface area contributed by atoms with Crippen LogP contribution in [0.5, 0.6) is 0 Å². The van der Waals surface area contributed by atoms with Gasteiger partial charge in [-0.1, -0.05) is 6.07 Å². The highest BCUT2D eigenvalue weighted by Crippen LogP contribution is 2.04. The van der Waals surface area contributed by atoms with Crippen molar-refractivity contribution in [2.75, 3.05) is 11.5 Å². The van der Waals surface area contributed by atoms with E-state index in [1.807, 2.05) is 18.2 Å². The molecule has 2 aromatic rings. The zero-order chi connectivity index (χ0) is 10.2. The highest BCUT2D eigenvalue weighted by Gasteiger charge is 1.80. The van der Waals surface area contributed by atoms with Crippen LogP contribution in [0.25, 0.3) is 0 Å². The SMILES string of the molecule is Nc1ccc(N)cc1.c1ccncc1. The highest BCUT2D eigenvalue weighted by molar-refractivity contribution is 5.47. The molecule has 0 saturated heterocycles. The largest absolute Gasteiger partial charge is 0.399 e. The number of nitrogens with zero attached hydrogens (tertiary/aromatic N) is 1. The maximum atomic E-state index is 5.37. The number of anilines is 2. The molecule has 0 fully saturated rings. The van der Waals surface area contributed by atoms with E-state index in [2.05, 4.69) is 4.98 Å². The molecule has 0 aliphatic carbocycles. The molecule has 1 heterocycles. The van der Waals surface area contributed by atoms with Crippen molar-refractivity contribution in [1.82, 2.24) is 4.98 Å².